The lowest BCUT2D eigenvalue weighted by Gasteiger charge is -2.16. The fourth-order valence-electron chi connectivity index (χ4n) is 1.65. The molecule has 1 saturated carbocycles. The van der Waals surface area contributed by atoms with E-state index in [2.05, 4.69) is 5.32 Å². The van der Waals surface area contributed by atoms with Crippen LogP contribution in [-0.4, -0.2) is 6.54 Å². The van der Waals surface area contributed by atoms with Crippen molar-refractivity contribution in [1.29, 1.82) is 0 Å². The molecule has 1 nitrogen and oxygen atoms in total. The lowest BCUT2D eigenvalue weighted by atomic mass is 10.1. The second-order valence-corrected chi connectivity index (χ2v) is 5.18. The number of rotatable bonds is 4. The van der Waals surface area contributed by atoms with E-state index in [1.54, 1.807) is 0 Å². The summed E-state index contributed by atoms with van der Waals surface area (Å²) in [6, 6.07) is 2.93. The molecular weight excluding hydrogens is 248 g/mol. The molecule has 0 spiro atoms. The molecule has 1 aromatic rings. The summed E-state index contributed by atoms with van der Waals surface area (Å²) in [6.07, 6.45) is 2.59. The van der Waals surface area contributed by atoms with Gasteiger partial charge in [0.15, 0.2) is 0 Å². The molecule has 1 atom stereocenters. The first-order chi connectivity index (χ1) is 7.58. The molecule has 1 N–H and O–H groups in total. The molecule has 2 rings (SSSR count). The maximum Gasteiger partial charge on any atom is 0.142 e. The molecule has 1 unspecified atom stereocenters. The normalized spacial score (nSPS) is 17.5. The number of hydrogen-bond acceptors (Lipinski definition) is 1. The summed E-state index contributed by atoms with van der Waals surface area (Å²) in [5.74, 6) is 0.375. The number of benzene rings is 1. The van der Waals surface area contributed by atoms with Crippen molar-refractivity contribution in [2.24, 2.45) is 5.92 Å². The Balaban J connectivity index is 2.08. The molecule has 0 aliphatic heterocycles. The van der Waals surface area contributed by atoms with Crippen molar-refractivity contribution in [3.8, 4) is 0 Å². The van der Waals surface area contributed by atoms with Crippen LogP contribution >= 0.6 is 23.2 Å². The molecule has 0 saturated heterocycles. The first-order valence-corrected chi connectivity index (χ1v) is 6.21. The predicted molar refractivity (Wildman–Crippen MR) is 65.6 cm³/mol. The van der Waals surface area contributed by atoms with Crippen LogP contribution < -0.4 is 5.32 Å². The molecule has 88 valence electrons. The highest BCUT2D eigenvalue weighted by atomic mass is 35.5. The van der Waals surface area contributed by atoms with Crippen molar-refractivity contribution < 1.29 is 4.39 Å². The Morgan fingerprint density at radius 2 is 2.06 bits per heavy atom. The number of nitrogens with one attached hydrogen (secondary N) is 1. The van der Waals surface area contributed by atoms with E-state index < -0.39 is 5.82 Å². The lowest BCUT2D eigenvalue weighted by molar-refractivity contribution is 0.543. The zero-order valence-electron chi connectivity index (χ0n) is 9.06. The van der Waals surface area contributed by atoms with E-state index in [0.29, 0.717) is 5.02 Å². The minimum absolute atomic E-state index is 0.0554. The molecule has 0 aromatic heterocycles. The first kappa shape index (κ1) is 12.2. The summed E-state index contributed by atoms with van der Waals surface area (Å²) < 4.78 is 13.3. The molecule has 0 amide bonds. The highest BCUT2D eigenvalue weighted by Crippen LogP contribution is 2.31. The van der Waals surface area contributed by atoms with Crippen molar-refractivity contribution in [2.45, 2.75) is 25.8 Å². The summed E-state index contributed by atoms with van der Waals surface area (Å²) in [6.45, 7) is 2.96. The van der Waals surface area contributed by atoms with E-state index in [4.69, 9.17) is 23.2 Å². The zero-order chi connectivity index (χ0) is 11.7. The predicted octanol–water partition coefficient (Wildman–Crippen LogP) is 4.19. The summed E-state index contributed by atoms with van der Waals surface area (Å²) >= 11 is 11.7. The van der Waals surface area contributed by atoms with Gasteiger partial charge in [0, 0.05) is 11.1 Å². The maximum atomic E-state index is 13.3. The lowest BCUT2D eigenvalue weighted by Crippen LogP contribution is -2.21. The van der Waals surface area contributed by atoms with Crippen LogP contribution in [0.25, 0.3) is 0 Å². The van der Waals surface area contributed by atoms with Gasteiger partial charge in [-0.3, -0.25) is 0 Å². The third-order valence-corrected chi connectivity index (χ3v) is 3.53. The average molecular weight is 262 g/mol. The summed E-state index contributed by atoms with van der Waals surface area (Å²) in [7, 11) is 0. The fraction of sp³-hybridized carbons (Fsp3) is 0.500. The Morgan fingerprint density at radius 1 is 1.38 bits per heavy atom. The largest absolute Gasteiger partial charge is 0.310 e. The van der Waals surface area contributed by atoms with Gasteiger partial charge in [-0.2, -0.15) is 0 Å². The van der Waals surface area contributed by atoms with Gasteiger partial charge in [-0.05, 0) is 49.9 Å². The van der Waals surface area contributed by atoms with Gasteiger partial charge < -0.3 is 5.32 Å². The average Bonchev–Trinajstić information content (AvgIpc) is 3.03. The highest BCUT2D eigenvalue weighted by molar-refractivity contribution is 6.35. The molecule has 1 aliphatic carbocycles. The topological polar surface area (TPSA) is 12.0 Å². The van der Waals surface area contributed by atoms with Gasteiger partial charge in [0.25, 0.3) is 0 Å². The minimum atomic E-state index is -0.416. The number of hydrogen-bond donors (Lipinski definition) is 1. The van der Waals surface area contributed by atoms with Crippen LogP contribution in [0.5, 0.6) is 0 Å². The van der Waals surface area contributed by atoms with E-state index in [1.807, 2.05) is 6.92 Å². The molecule has 0 radical (unpaired) electrons. The van der Waals surface area contributed by atoms with Gasteiger partial charge in [-0.1, -0.05) is 23.2 Å². The van der Waals surface area contributed by atoms with E-state index in [0.717, 1.165) is 18.0 Å². The van der Waals surface area contributed by atoms with E-state index in [-0.39, 0.29) is 11.1 Å². The zero-order valence-corrected chi connectivity index (χ0v) is 10.6. The van der Waals surface area contributed by atoms with Gasteiger partial charge in [0.05, 0.1) is 5.02 Å². The Kier molecular flexibility index (Phi) is 3.73. The molecule has 4 heteroatoms. The highest BCUT2D eigenvalue weighted by Gasteiger charge is 2.22. The standard InChI is InChI=1S/C12H14Cl2FN/c1-7(16-6-8-2-3-8)9-4-12(15)11(14)5-10(9)13/h4-5,7-8,16H,2-3,6H2,1H3. The molecular formula is C12H14Cl2FN. The van der Waals surface area contributed by atoms with Crippen molar-refractivity contribution in [3.63, 3.8) is 0 Å². The second kappa shape index (κ2) is 4.91. The van der Waals surface area contributed by atoms with Gasteiger partial charge >= 0.3 is 0 Å². The van der Waals surface area contributed by atoms with Gasteiger partial charge in [0.1, 0.15) is 5.82 Å². The van der Waals surface area contributed by atoms with Crippen LogP contribution in [0.4, 0.5) is 4.39 Å². The Morgan fingerprint density at radius 3 is 2.69 bits per heavy atom. The van der Waals surface area contributed by atoms with Crippen LogP contribution in [-0.2, 0) is 0 Å². The van der Waals surface area contributed by atoms with Crippen LogP contribution in [0, 0.1) is 11.7 Å². The first-order valence-electron chi connectivity index (χ1n) is 5.45. The molecule has 1 fully saturated rings. The van der Waals surface area contributed by atoms with Crippen molar-refractivity contribution in [3.05, 3.63) is 33.6 Å². The maximum absolute atomic E-state index is 13.3. The second-order valence-electron chi connectivity index (χ2n) is 4.36. The molecule has 1 aromatic carbocycles. The summed E-state index contributed by atoms with van der Waals surface area (Å²) in [5, 5.41) is 3.94. The van der Waals surface area contributed by atoms with Crippen molar-refractivity contribution in [2.75, 3.05) is 6.54 Å². The third kappa shape index (κ3) is 2.88. The van der Waals surface area contributed by atoms with E-state index in [1.165, 1.54) is 25.0 Å². The smallest absolute Gasteiger partial charge is 0.142 e. The minimum Gasteiger partial charge on any atom is -0.310 e. The number of halogens is 3. The van der Waals surface area contributed by atoms with E-state index >= 15 is 0 Å². The SMILES string of the molecule is CC(NCC1CC1)c1cc(F)c(Cl)cc1Cl. The molecule has 0 bridgehead atoms. The Labute approximate surface area is 105 Å². The van der Waals surface area contributed by atoms with Crippen molar-refractivity contribution in [1.82, 2.24) is 5.32 Å². The van der Waals surface area contributed by atoms with Crippen LogP contribution in [0.1, 0.15) is 31.4 Å². The van der Waals surface area contributed by atoms with Gasteiger partial charge in [-0.25, -0.2) is 4.39 Å². The van der Waals surface area contributed by atoms with Crippen LogP contribution in [0.15, 0.2) is 12.1 Å². The van der Waals surface area contributed by atoms with E-state index in [9.17, 15) is 4.39 Å². The van der Waals surface area contributed by atoms with Gasteiger partial charge in [0.2, 0.25) is 0 Å². The van der Waals surface area contributed by atoms with Gasteiger partial charge in [-0.15, -0.1) is 0 Å². The van der Waals surface area contributed by atoms with Crippen LogP contribution in [0.3, 0.4) is 0 Å². The Bertz CT molecular complexity index is 391. The Hall–Kier alpha value is -0.310. The third-order valence-electron chi connectivity index (χ3n) is 2.92. The monoisotopic (exact) mass is 261 g/mol. The molecule has 1 aliphatic rings. The quantitative estimate of drug-likeness (QED) is 0.802. The summed E-state index contributed by atoms with van der Waals surface area (Å²) in [5.41, 5.74) is 0.768. The van der Waals surface area contributed by atoms with Crippen LogP contribution in [0.2, 0.25) is 10.0 Å². The molecule has 16 heavy (non-hydrogen) atoms. The fourth-order valence-corrected chi connectivity index (χ4v) is 2.19. The molecule has 0 heterocycles. The van der Waals surface area contributed by atoms with Crippen molar-refractivity contribution >= 4 is 23.2 Å². The summed E-state index contributed by atoms with van der Waals surface area (Å²) in [4.78, 5) is 0.